The molecule has 0 radical (unpaired) electrons. The highest BCUT2D eigenvalue weighted by atomic mass is 32.2. The molecule has 0 spiro atoms. The number of hydrogen-bond donors (Lipinski definition) is 0. The van der Waals surface area contributed by atoms with Crippen molar-refractivity contribution >= 4 is 29.6 Å². The quantitative estimate of drug-likeness (QED) is 0.0368. The van der Waals surface area contributed by atoms with Gasteiger partial charge in [0.25, 0.3) is 0 Å². The Hall–Kier alpha value is -1.80. The molecule has 0 bridgehead atoms. The Labute approximate surface area is 306 Å². The fraction of sp³-hybridized carbons (Fsp3) is 0.829. The highest BCUT2D eigenvalue weighted by Crippen LogP contribution is 2.13. The molecule has 0 saturated heterocycles. The van der Waals surface area contributed by atoms with Crippen molar-refractivity contribution in [3.05, 3.63) is 24.3 Å². The largest absolute Gasteiger partial charge is 0.461 e. The molecule has 0 aliphatic rings. The number of nitrogens with zero attached hydrogens (tertiary/aromatic N) is 2. The summed E-state index contributed by atoms with van der Waals surface area (Å²) in [5.41, 5.74) is 0. The third kappa shape index (κ3) is 33.1. The summed E-state index contributed by atoms with van der Waals surface area (Å²) >= 11 is 1.73. The second-order valence-electron chi connectivity index (χ2n) is 13.8. The molecule has 0 aliphatic carbocycles. The van der Waals surface area contributed by atoms with Crippen LogP contribution in [0, 0.1) is 0 Å². The first-order chi connectivity index (χ1) is 23.8. The van der Waals surface area contributed by atoms with Gasteiger partial charge in [0.1, 0.15) is 13.2 Å². The van der Waals surface area contributed by atoms with Gasteiger partial charge in [0.15, 0.2) is 0 Å². The SMILES string of the molecule is CCCCCCC=CCOC(=O)CCCCCCCN(CCCCCCCC(=O)OCC=CCCCCCC)C(=O)CSCC(C)N(C)C. The molecular formula is C41H76N2O5S. The topological polar surface area (TPSA) is 76.1 Å². The molecule has 1 unspecified atom stereocenters. The predicted molar refractivity (Wildman–Crippen MR) is 210 cm³/mol. The highest BCUT2D eigenvalue weighted by Gasteiger charge is 2.14. The van der Waals surface area contributed by atoms with Gasteiger partial charge in [0.2, 0.25) is 5.91 Å². The summed E-state index contributed by atoms with van der Waals surface area (Å²) in [5.74, 6) is 1.51. The number of carbonyl (C=O) groups is 3. The number of esters is 2. The van der Waals surface area contributed by atoms with Crippen LogP contribution in [0.3, 0.4) is 0 Å². The Morgan fingerprint density at radius 3 is 1.47 bits per heavy atom. The zero-order valence-electron chi connectivity index (χ0n) is 32.5. The van der Waals surface area contributed by atoms with Crippen LogP contribution in [0.25, 0.3) is 0 Å². The minimum absolute atomic E-state index is 0.107. The summed E-state index contributed by atoms with van der Waals surface area (Å²) in [5, 5.41) is 0. The Kier molecular flexibility index (Phi) is 34.7. The van der Waals surface area contributed by atoms with E-state index in [4.69, 9.17) is 9.47 Å². The molecular weight excluding hydrogens is 633 g/mol. The first kappa shape index (κ1) is 47.2. The highest BCUT2D eigenvalue weighted by molar-refractivity contribution is 7.99. The molecule has 49 heavy (non-hydrogen) atoms. The number of thioether (sulfide) groups is 1. The lowest BCUT2D eigenvalue weighted by Gasteiger charge is -2.24. The number of rotatable bonds is 35. The average Bonchev–Trinajstić information content (AvgIpc) is 3.08. The minimum Gasteiger partial charge on any atom is -0.461 e. The van der Waals surface area contributed by atoms with Gasteiger partial charge in [-0.25, -0.2) is 0 Å². The molecule has 1 amide bonds. The van der Waals surface area contributed by atoms with E-state index >= 15 is 0 Å². The van der Waals surface area contributed by atoms with Crippen LogP contribution in [-0.2, 0) is 23.9 Å². The third-order valence-corrected chi connectivity index (χ3v) is 10.1. The summed E-state index contributed by atoms with van der Waals surface area (Å²) in [6, 6.07) is 0.439. The van der Waals surface area contributed by atoms with Gasteiger partial charge < -0.3 is 19.3 Å². The maximum absolute atomic E-state index is 13.1. The van der Waals surface area contributed by atoms with Crippen LogP contribution in [0.15, 0.2) is 24.3 Å². The number of carbonyl (C=O) groups excluding carboxylic acids is 3. The van der Waals surface area contributed by atoms with Gasteiger partial charge in [-0.2, -0.15) is 11.8 Å². The molecule has 0 aromatic carbocycles. The van der Waals surface area contributed by atoms with Crippen LogP contribution in [0.4, 0.5) is 0 Å². The molecule has 286 valence electrons. The van der Waals surface area contributed by atoms with Crippen molar-refractivity contribution in [3.63, 3.8) is 0 Å². The van der Waals surface area contributed by atoms with Crippen molar-refractivity contribution in [1.29, 1.82) is 0 Å². The lowest BCUT2D eigenvalue weighted by molar-refractivity contribution is -0.143. The second-order valence-corrected chi connectivity index (χ2v) is 14.8. The Morgan fingerprint density at radius 2 is 1.02 bits per heavy atom. The van der Waals surface area contributed by atoms with E-state index in [-0.39, 0.29) is 17.8 Å². The van der Waals surface area contributed by atoms with Crippen molar-refractivity contribution in [2.45, 2.75) is 168 Å². The fourth-order valence-electron chi connectivity index (χ4n) is 5.30. The zero-order valence-corrected chi connectivity index (χ0v) is 33.3. The standard InChI is InChI=1S/C41H76N2O5S/c1-6-8-10-12-14-22-28-34-47-40(45)30-24-18-16-20-26-32-43(39(44)37-49-36-38(3)42(4)5)33-27-21-17-19-25-31-41(46)48-35-29-23-15-13-11-9-7-2/h22-23,28-29,38H,6-21,24-27,30-37H2,1-5H3. The molecule has 1 atom stereocenters. The van der Waals surface area contributed by atoms with E-state index in [1.54, 1.807) is 11.8 Å². The molecule has 0 rings (SSSR count). The van der Waals surface area contributed by atoms with Crippen molar-refractivity contribution in [1.82, 2.24) is 9.80 Å². The van der Waals surface area contributed by atoms with Crippen molar-refractivity contribution in [2.24, 2.45) is 0 Å². The summed E-state index contributed by atoms with van der Waals surface area (Å²) < 4.78 is 10.7. The Balaban J connectivity index is 4.21. The van der Waals surface area contributed by atoms with Gasteiger partial charge in [-0.3, -0.25) is 14.4 Å². The van der Waals surface area contributed by atoms with Gasteiger partial charge in [0.05, 0.1) is 5.75 Å². The summed E-state index contributed by atoms with van der Waals surface area (Å²) in [6.07, 6.45) is 31.3. The van der Waals surface area contributed by atoms with Gasteiger partial charge in [-0.1, -0.05) is 115 Å². The molecule has 0 fully saturated rings. The molecule has 0 N–H and O–H groups in total. The third-order valence-electron chi connectivity index (χ3n) is 8.90. The number of ether oxygens (including phenoxy) is 2. The first-order valence-corrected chi connectivity index (χ1v) is 21.1. The maximum atomic E-state index is 13.1. The van der Waals surface area contributed by atoms with Gasteiger partial charge in [0, 0.05) is 37.7 Å². The molecule has 0 heterocycles. The number of unbranched alkanes of at least 4 members (excludes halogenated alkanes) is 16. The molecule has 8 heteroatoms. The van der Waals surface area contributed by atoms with Crippen molar-refractivity contribution < 1.29 is 23.9 Å². The van der Waals surface area contributed by atoms with Gasteiger partial charge >= 0.3 is 11.9 Å². The van der Waals surface area contributed by atoms with E-state index < -0.39 is 0 Å². The molecule has 7 nitrogen and oxygen atoms in total. The van der Waals surface area contributed by atoms with Gasteiger partial charge in [-0.05, 0) is 72.4 Å². The first-order valence-electron chi connectivity index (χ1n) is 19.9. The summed E-state index contributed by atoms with van der Waals surface area (Å²) in [7, 11) is 4.16. The monoisotopic (exact) mass is 709 g/mol. The maximum Gasteiger partial charge on any atom is 0.306 e. The van der Waals surface area contributed by atoms with Crippen LogP contribution in [0.2, 0.25) is 0 Å². The van der Waals surface area contributed by atoms with Crippen molar-refractivity contribution in [2.75, 3.05) is 51.9 Å². The van der Waals surface area contributed by atoms with E-state index in [0.29, 0.717) is 37.9 Å². The van der Waals surface area contributed by atoms with Crippen LogP contribution < -0.4 is 0 Å². The number of amides is 1. The van der Waals surface area contributed by atoms with Crippen LogP contribution in [-0.4, -0.2) is 85.6 Å². The summed E-state index contributed by atoms with van der Waals surface area (Å²) in [6.45, 7) is 8.99. The lowest BCUT2D eigenvalue weighted by Crippen LogP contribution is -2.35. The Bertz CT molecular complexity index is 796. The minimum atomic E-state index is -0.107. The van der Waals surface area contributed by atoms with Crippen LogP contribution >= 0.6 is 11.8 Å². The zero-order chi connectivity index (χ0) is 36.2. The van der Waals surface area contributed by atoms with E-state index in [1.165, 1.54) is 51.4 Å². The van der Waals surface area contributed by atoms with E-state index in [0.717, 1.165) is 95.9 Å². The smallest absolute Gasteiger partial charge is 0.306 e. The summed E-state index contributed by atoms with van der Waals surface area (Å²) in [4.78, 5) is 41.4. The normalized spacial score (nSPS) is 12.3. The van der Waals surface area contributed by atoms with Crippen LogP contribution in [0.1, 0.15) is 162 Å². The molecule has 0 saturated carbocycles. The average molecular weight is 709 g/mol. The van der Waals surface area contributed by atoms with E-state index in [1.807, 2.05) is 12.2 Å². The molecule has 0 aromatic rings. The van der Waals surface area contributed by atoms with Crippen LogP contribution in [0.5, 0.6) is 0 Å². The second kappa shape index (κ2) is 36.0. The lowest BCUT2D eigenvalue weighted by atomic mass is 10.1. The Morgan fingerprint density at radius 1 is 0.592 bits per heavy atom. The molecule has 0 aromatic heterocycles. The number of hydrogen-bond acceptors (Lipinski definition) is 7. The molecule has 0 aliphatic heterocycles. The number of allylic oxidation sites excluding steroid dienone is 2. The van der Waals surface area contributed by atoms with Gasteiger partial charge in [-0.15, -0.1) is 0 Å². The predicted octanol–water partition coefficient (Wildman–Crippen LogP) is 10.3. The van der Waals surface area contributed by atoms with Crippen molar-refractivity contribution in [3.8, 4) is 0 Å². The van der Waals surface area contributed by atoms with E-state index in [2.05, 4.69) is 56.8 Å². The van der Waals surface area contributed by atoms with E-state index in [9.17, 15) is 14.4 Å². The fourth-order valence-corrected chi connectivity index (χ4v) is 6.41.